The number of amides is 1. The number of carbonyl (C=O) groups excluding carboxylic acids is 1. The van der Waals surface area contributed by atoms with E-state index in [2.05, 4.69) is 16.8 Å². The van der Waals surface area contributed by atoms with Gasteiger partial charge in [0.2, 0.25) is 0 Å². The Kier molecular flexibility index (Phi) is 6.71. The van der Waals surface area contributed by atoms with Crippen molar-refractivity contribution in [3.63, 3.8) is 0 Å². The number of aliphatic hydroxyl groups is 1. The van der Waals surface area contributed by atoms with E-state index >= 15 is 0 Å². The van der Waals surface area contributed by atoms with E-state index in [9.17, 15) is 4.79 Å². The molecule has 0 bridgehead atoms. The highest BCUT2D eigenvalue weighted by Crippen LogP contribution is 2.09. The quantitative estimate of drug-likeness (QED) is 0.812. The lowest BCUT2D eigenvalue weighted by Gasteiger charge is -2.27. The van der Waals surface area contributed by atoms with E-state index in [0.29, 0.717) is 24.3 Å². The molecule has 0 saturated carbocycles. The summed E-state index contributed by atoms with van der Waals surface area (Å²) in [5.74, 6) is 5.18. The van der Waals surface area contributed by atoms with Crippen molar-refractivity contribution in [3.05, 3.63) is 29.6 Å². The van der Waals surface area contributed by atoms with Crippen LogP contribution in [0.4, 0.5) is 0 Å². The zero-order valence-electron chi connectivity index (χ0n) is 12.1. The van der Waals surface area contributed by atoms with Gasteiger partial charge < -0.3 is 14.7 Å². The first-order chi connectivity index (χ1) is 9.63. The van der Waals surface area contributed by atoms with Crippen LogP contribution in [0.5, 0.6) is 0 Å². The minimum Gasteiger partial charge on any atom is -0.384 e. The number of likely N-dealkylation sites (N-methyl/N-ethyl adjacent to an activating group) is 1. The van der Waals surface area contributed by atoms with E-state index in [1.165, 1.54) is 6.20 Å². The first-order valence-corrected chi connectivity index (χ1v) is 6.48. The molecule has 0 fully saturated rings. The molecule has 0 radical (unpaired) electrons. The minimum atomic E-state index is -0.218. The maximum Gasteiger partial charge on any atom is 0.255 e. The van der Waals surface area contributed by atoms with Gasteiger partial charge in [-0.25, -0.2) is 0 Å². The molecule has 0 saturated heterocycles. The van der Waals surface area contributed by atoms with Crippen LogP contribution in [-0.2, 0) is 4.74 Å². The summed E-state index contributed by atoms with van der Waals surface area (Å²) in [5, 5.41) is 8.68. The second kappa shape index (κ2) is 8.31. The second-order valence-corrected chi connectivity index (χ2v) is 4.32. The molecule has 1 aromatic rings. The van der Waals surface area contributed by atoms with Crippen molar-refractivity contribution in [1.29, 1.82) is 0 Å². The number of pyridine rings is 1. The smallest absolute Gasteiger partial charge is 0.255 e. The second-order valence-electron chi connectivity index (χ2n) is 4.32. The zero-order valence-corrected chi connectivity index (χ0v) is 12.1. The summed E-state index contributed by atoms with van der Waals surface area (Å²) >= 11 is 0. The molecule has 1 N–H and O–H groups in total. The minimum absolute atomic E-state index is 0.00955. The van der Waals surface area contributed by atoms with Gasteiger partial charge >= 0.3 is 0 Å². The number of methoxy groups -OCH3 is 1. The Morgan fingerprint density at radius 1 is 1.55 bits per heavy atom. The third kappa shape index (κ3) is 4.34. The summed E-state index contributed by atoms with van der Waals surface area (Å²) in [6.45, 7) is 4.72. The van der Waals surface area contributed by atoms with Gasteiger partial charge in [0.05, 0.1) is 18.2 Å². The highest BCUT2D eigenvalue weighted by atomic mass is 16.5. The first-order valence-electron chi connectivity index (χ1n) is 6.48. The third-order valence-corrected chi connectivity index (χ3v) is 2.84. The van der Waals surface area contributed by atoms with Crippen LogP contribution in [0.3, 0.4) is 0 Å². The number of ether oxygens (including phenoxy) is 1. The van der Waals surface area contributed by atoms with Crippen LogP contribution in [0.1, 0.15) is 29.8 Å². The summed E-state index contributed by atoms with van der Waals surface area (Å²) in [4.78, 5) is 18.2. The summed E-state index contributed by atoms with van der Waals surface area (Å²) in [7, 11) is 1.61. The van der Waals surface area contributed by atoms with Gasteiger partial charge in [-0.05, 0) is 19.9 Å². The lowest BCUT2D eigenvalue weighted by atomic mass is 10.1. The Labute approximate surface area is 119 Å². The Balaban J connectivity index is 2.95. The lowest BCUT2D eigenvalue weighted by molar-refractivity contribution is 0.0579. The van der Waals surface area contributed by atoms with Crippen molar-refractivity contribution in [2.45, 2.75) is 19.9 Å². The standard InChI is InChI=1S/C15H20N2O3/c1-4-17(12(2)11-20-3)15(19)14-8-13(6-5-7-18)9-16-10-14/h8-10,12,18H,4,7,11H2,1-3H3. The molecule has 0 aliphatic rings. The van der Waals surface area contributed by atoms with Crippen LogP contribution >= 0.6 is 0 Å². The van der Waals surface area contributed by atoms with Gasteiger partial charge in [-0.15, -0.1) is 0 Å². The number of aliphatic hydroxyl groups excluding tert-OH is 1. The summed E-state index contributed by atoms with van der Waals surface area (Å²) < 4.78 is 5.09. The van der Waals surface area contributed by atoms with E-state index in [1.54, 1.807) is 24.3 Å². The van der Waals surface area contributed by atoms with Crippen LogP contribution in [0.15, 0.2) is 18.5 Å². The van der Waals surface area contributed by atoms with Crippen molar-refractivity contribution in [2.24, 2.45) is 0 Å². The average Bonchev–Trinajstić information content (AvgIpc) is 2.46. The number of nitrogens with zero attached hydrogens (tertiary/aromatic N) is 2. The van der Waals surface area contributed by atoms with E-state index in [1.807, 2.05) is 13.8 Å². The molecule has 0 aliphatic carbocycles. The predicted octanol–water partition coefficient (Wildman–Crippen LogP) is 0.922. The van der Waals surface area contributed by atoms with Crippen molar-refractivity contribution >= 4 is 5.91 Å². The number of rotatable bonds is 5. The van der Waals surface area contributed by atoms with Gasteiger partial charge in [0.25, 0.3) is 5.91 Å². The van der Waals surface area contributed by atoms with E-state index in [-0.39, 0.29) is 18.6 Å². The van der Waals surface area contributed by atoms with Gasteiger partial charge in [0.1, 0.15) is 6.61 Å². The molecule has 5 heteroatoms. The molecule has 1 atom stereocenters. The summed E-state index contributed by atoms with van der Waals surface area (Å²) in [6, 6.07) is 1.67. The summed E-state index contributed by atoms with van der Waals surface area (Å²) in [5.41, 5.74) is 1.10. The van der Waals surface area contributed by atoms with Crippen molar-refractivity contribution < 1.29 is 14.6 Å². The largest absolute Gasteiger partial charge is 0.384 e. The third-order valence-electron chi connectivity index (χ3n) is 2.84. The lowest BCUT2D eigenvalue weighted by Crippen LogP contribution is -2.41. The van der Waals surface area contributed by atoms with Crippen LogP contribution < -0.4 is 0 Å². The fourth-order valence-electron chi connectivity index (χ4n) is 1.92. The molecule has 108 valence electrons. The normalized spacial score (nSPS) is 11.4. The van der Waals surface area contributed by atoms with Crippen LogP contribution in [0.2, 0.25) is 0 Å². The Bertz CT molecular complexity index is 505. The SMILES string of the molecule is CCN(C(=O)c1cncc(C#CCO)c1)C(C)COC. The molecule has 5 nitrogen and oxygen atoms in total. The molecule has 0 aliphatic heterocycles. The van der Waals surface area contributed by atoms with Crippen LogP contribution in [0, 0.1) is 11.8 Å². The molecule has 1 unspecified atom stereocenters. The highest BCUT2D eigenvalue weighted by Gasteiger charge is 2.20. The first kappa shape index (κ1) is 16.2. The monoisotopic (exact) mass is 276 g/mol. The fraction of sp³-hybridized carbons (Fsp3) is 0.467. The van der Waals surface area contributed by atoms with E-state index in [0.717, 1.165) is 0 Å². The molecule has 0 aromatic carbocycles. The molecule has 1 aromatic heterocycles. The molecule has 20 heavy (non-hydrogen) atoms. The summed E-state index contributed by atoms with van der Waals surface area (Å²) in [6.07, 6.45) is 3.09. The number of carbonyl (C=O) groups is 1. The number of hydrogen-bond donors (Lipinski definition) is 1. The van der Waals surface area contributed by atoms with Crippen LogP contribution in [-0.4, -0.2) is 53.8 Å². The molecular formula is C15H20N2O3. The van der Waals surface area contributed by atoms with Crippen molar-refractivity contribution in [2.75, 3.05) is 26.9 Å². The van der Waals surface area contributed by atoms with E-state index in [4.69, 9.17) is 9.84 Å². The Hall–Kier alpha value is -1.90. The zero-order chi connectivity index (χ0) is 15.0. The van der Waals surface area contributed by atoms with Gasteiger partial charge in [-0.1, -0.05) is 11.8 Å². The van der Waals surface area contributed by atoms with Gasteiger partial charge in [-0.3, -0.25) is 9.78 Å². The maximum atomic E-state index is 12.5. The maximum absolute atomic E-state index is 12.5. The number of aromatic nitrogens is 1. The molecular weight excluding hydrogens is 256 g/mol. The van der Waals surface area contributed by atoms with Gasteiger partial charge in [0, 0.05) is 31.6 Å². The van der Waals surface area contributed by atoms with Gasteiger partial charge in [-0.2, -0.15) is 0 Å². The van der Waals surface area contributed by atoms with Gasteiger partial charge in [0.15, 0.2) is 0 Å². The molecule has 1 rings (SSSR count). The Morgan fingerprint density at radius 2 is 2.30 bits per heavy atom. The predicted molar refractivity (Wildman–Crippen MR) is 76.2 cm³/mol. The average molecular weight is 276 g/mol. The number of hydrogen-bond acceptors (Lipinski definition) is 4. The molecule has 1 amide bonds. The van der Waals surface area contributed by atoms with Crippen molar-refractivity contribution in [1.82, 2.24) is 9.88 Å². The molecule has 0 spiro atoms. The van der Waals surface area contributed by atoms with Crippen LogP contribution in [0.25, 0.3) is 0 Å². The van der Waals surface area contributed by atoms with E-state index < -0.39 is 0 Å². The van der Waals surface area contributed by atoms with Crippen molar-refractivity contribution in [3.8, 4) is 11.8 Å². The highest BCUT2D eigenvalue weighted by molar-refractivity contribution is 5.94. The topological polar surface area (TPSA) is 62.7 Å². The fourth-order valence-corrected chi connectivity index (χ4v) is 1.92. The Morgan fingerprint density at radius 3 is 2.90 bits per heavy atom. The molecule has 1 heterocycles.